The van der Waals surface area contributed by atoms with Crippen LogP contribution in [-0.4, -0.2) is 47.8 Å². The van der Waals surface area contributed by atoms with Crippen molar-refractivity contribution in [2.75, 3.05) is 42.7 Å². The van der Waals surface area contributed by atoms with Crippen LogP contribution in [0.2, 0.25) is 0 Å². The number of methoxy groups -OCH3 is 6. The molecule has 222 valence electrons. The molecule has 0 aliphatic rings. The molecule has 0 bridgehead atoms. The summed E-state index contributed by atoms with van der Waals surface area (Å²) in [6, 6.07) is 24.9. The quantitative estimate of drug-likeness (QED) is 0.198. The van der Waals surface area contributed by atoms with Crippen molar-refractivity contribution in [3.8, 4) is 51.4 Å². The van der Waals surface area contributed by atoms with E-state index >= 15 is 4.57 Å². The van der Waals surface area contributed by atoms with E-state index < -0.39 is 7.14 Å². The van der Waals surface area contributed by atoms with Crippen LogP contribution in [0.25, 0.3) is 21.9 Å². The van der Waals surface area contributed by atoms with E-state index in [2.05, 4.69) is 0 Å². The van der Waals surface area contributed by atoms with Crippen molar-refractivity contribution in [2.24, 2.45) is 0 Å². The average molecular weight is 601 g/mol. The molecule has 5 rings (SSSR count). The van der Waals surface area contributed by atoms with Crippen molar-refractivity contribution < 1.29 is 38.1 Å². The molecule has 0 heterocycles. The molecular weight excluding hydrogens is 567 g/mol. The third-order valence-electron chi connectivity index (χ3n) is 7.41. The van der Waals surface area contributed by atoms with E-state index in [0.717, 1.165) is 10.8 Å². The molecule has 0 radical (unpaired) electrons. The van der Waals surface area contributed by atoms with Gasteiger partial charge < -0.3 is 38.1 Å². The summed E-state index contributed by atoms with van der Waals surface area (Å²) in [5.74, 6) is 2.60. The minimum Gasteiger partial charge on any atom is -0.507 e. The van der Waals surface area contributed by atoms with Gasteiger partial charge in [-0.2, -0.15) is 0 Å². The normalized spacial score (nSPS) is 11.2. The molecule has 0 spiro atoms. The summed E-state index contributed by atoms with van der Waals surface area (Å²) in [6.07, 6.45) is 0. The average Bonchev–Trinajstić information content (AvgIpc) is 3.06. The highest BCUT2D eigenvalue weighted by atomic mass is 31.2. The number of hydrogen-bond donors (Lipinski definition) is 1. The Morgan fingerprint density at radius 1 is 0.535 bits per heavy atom. The van der Waals surface area contributed by atoms with Gasteiger partial charge in [0.1, 0.15) is 40.2 Å². The Kier molecular flexibility index (Phi) is 8.42. The fourth-order valence-corrected chi connectivity index (χ4v) is 8.19. The molecule has 5 aromatic carbocycles. The van der Waals surface area contributed by atoms with Gasteiger partial charge in [-0.3, -0.25) is 0 Å². The third kappa shape index (κ3) is 5.30. The smallest absolute Gasteiger partial charge is 0.172 e. The first-order valence-electron chi connectivity index (χ1n) is 13.4. The monoisotopic (exact) mass is 600 g/mol. The number of fused-ring (bicyclic) bond motifs is 1. The number of hydrogen-bond acceptors (Lipinski definition) is 8. The fourth-order valence-electron chi connectivity index (χ4n) is 5.25. The predicted octanol–water partition coefficient (Wildman–Crippen LogP) is 5.90. The summed E-state index contributed by atoms with van der Waals surface area (Å²) < 4.78 is 50.2. The van der Waals surface area contributed by atoms with Gasteiger partial charge >= 0.3 is 0 Å². The molecule has 0 aliphatic carbocycles. The lowest BCUT2D eigenvalue weighted by atomic mass is 9.96. The maximum Gasteiger partial charge on any atom is 0.172 e. The Bertz CT molecular complexity index is 1750. The Labute approximate surface area is 250 Å². The molecule has 0 saturated heterocycles. The number of benzene rings is 5. The SMILES string of the molecule is COc1cc(OC)cc(P(=O)(c2cc(OC)cc(OC)c2)c2cc(OC)cc(OC)c2-c2c(O)ccc3ccccc23)c1. The topological polar surface area (TPSA) is 92.7 Å². The molecule has 0 atom stereocenters. The van der Waals surface area contributed by atoms with Gasteiger partial charge in [-0.05, 0) is 47.2 Å². The molecule has 43 heavy (non-hydrogen) atoms. The summed E-state index contributed by atoms with van der Waals surface area (Å²) in [6.45, 7) is 0. The van der Waals surface area contributed by atoms with Crippen molar-refractivity contribution in [3.05, 3.63) is 84.9 Å². The summed E-state index contributed by atoms with van der Waals surface area (Å²) >= 11 is 0. The molecule has 0 unspecified atom stereocenters. The summed E-state index contributed by atoms with van der Waals surface area (Å²) in [7, 11) is 5.28. The Balaban J connectivity index is 2.02. The Morgan fingerprint density at radius 2 is 1.02 bits per heavy atom. The zero-order valence-corrected chi connectivity index (χ0v) is 25.7. The summed E-state index contributed by atoms with van der Waals surface area (Å²) in [5, 5.41) is 14.2. The zero-order valence-electron chi connectivity index (χ0n) is 24.8. The van der Waals surface area contributed by atoms with Crippen molar-refractivity contribution in [1.82, 2.24) is 0 Å². The molecule has 0 aromatic heterocycles. The second kappa shape index (κ2) is 12.2. The van der Waals surface area contributed by atoms with E-state index in [0.29, 0.717) is 61.5 Å². The van der Waals surface area contributed by atoms with Gasteiger partial charge in [0.25, 0.3) is 0 Å². The standard InChI is InChI=1S/C34H33O8P/c1-37-22-13-23(38-2)16-27(15-22)43(36,28-17-24(39-3)14-25(18-28)40-4)32-20-26(41-5)19-31(42-6)34(32)33-29-10-8-7-9-21(29)11-12-30(33)35/h7-20,35H,1-6H3. The number of ether oxygens (including phenoxy) is 6. The lowest BCUT2D eigenvalue weighted by molar-refractivity contribution is 0.395. The Hall–Kier alpha value is -4.81. The van der Waals surface area contributed by atoms with Gasteiger partial charge in [-0.25, -0.2) is 0 Å². The molecule has 8 nitrogen and oxygen atoms in total. The van der Waals surface area contributed by atoms with Gasteiger partial charge in [0, 0.05) is 45.2 Å². The molecule has 5 aromatic rings. The first-order valence-corrected chi connectivity index (χ1v) is 15.1. The molecule has 0 fully saturated rings. The predicted molar refractivity (Wildman–Crippen MR) is 170 cm³/mol. The van der Waals surface area contributed by atoms with Crippen LogP contribution in [0.3, 0.4) is 0 Å². The lowest BCUT2D eigenvalue weighted by Gasteiger charge is -2.27. The van der Waals surface area contributed by atoms with Crippen LogP contribution in [-0.2, 0) is 4.57 Å². The highest BCUT2D eigenvalue weighted by Crippen LogP contribution is 2.52. The van der Waals surface area contributed by atoms with Crippen LogP contribution in [0, 0.1) is 0 Å². The number of aromatic hydroxyl groups is 1. The highest BCUT2D eigenvalue weighted by Gasteiger charge is 2.37. The molecule has 1 N–H and O–H groups in total. The number of phenolic OH excluding ortho intramolecular Hbond substituents is 1. The molecule has 0 amide bonds. The second-order valence-corrected chi connectivity index (χ2v) is 12.4. The largest absolute Gasteiger partial charge is 0.507 e. The molecular formula is C34H33O8P. The maximum atomic E-state index is 16.3. The van der Waals surface area contributed by atoms with Crippen LogP contribution >= 0.6 is 7.14 Å². The van der Waals surface area contributed by atoms with Crippen LogP contribution in [0.4, 0.5) is 0 Å². The second-order valence-electron chi connectivity index (χ2n) is 9.66. The number of phenols is 1. The Morgan fingerprint density at radius 3 is 1.51 bits per heavy atom. The van der Waals surface area contributed by atoms with Crippen LogP contribution in [0.1, 0.15) is 0 Å². The molecule has 9 heteroatoms. The molecule has 0 saturated carbocycles. The van der Waals surface area contributed by atoms with Crippen molar-refractivity contribution in [3.63, 3.8) is 0 Å². The van der Waals surface area contributed by atoms with Crippen LogP contribution < -0.4 is 44.3 Å². The van der Waals surface area contributed by atoms with Crippen molar-refractivity contribution in [1.29, 1.82) is 0 Å². The van der Waals surface area contributed by atoms with Gasteiger partial charge in [0.05, 0.1) is 42.7 Å². The van der Waals surface area contributed by atoms with E-state index in [4.69, 9.17) is 28.4 Å². The lowest BCUT2D eigenvalue weighted by Crippen LogP contribution is -2.27. The van der Waals surface area contributed by atoms with E-state index in [1.807, 2.05) is 30.3 Å². The fraction of sp³-hybridized carbons (Fsp3) is 0.176. The summed E-state index contributed by atoms with van der Waals surface area (Å²) in [4.78, 5) is 0. The van der Waals surface area contributed by atoms with Crippen LogP contribution in [0.15, 0.2) is 84.9 Å². The third-order valence-corrected chi connectivity index (χ3v) is 10.4. The van der Waals surface area contributed by atoms with Crippen molar-refractivity contribution in [2.45, 2.75) is 0 Å². The van der Waals surface area contributed by atoms with Crippen LogP contribution in [0.5, 0.6) is 40.2 Å². The highest BCUT2D eigenvalue weighted by molar-refractivity contribution is 7.85. The van der Waals surface area contributed by atoms with E-state index in [1.165, 1.54) is 42.7 Å². The zero-order chi connectivity index (χ0) is 30.7. The van der Waals surface area contributed by atoms with E-state index in [-0.39, 0.29) is 5.75 Å². The first-order chi connectivity index (χ1) is 20.8. The van der Waals surface area contributed by atoms with E-state index in [1.54, 1.807) is 54.6 Å². The summed E-state index contributed by atoms with van der Waals surface area (Å²) in [5.41, 5.74) is 0.919. The van der Waals surface area contributed by atoms with Gasteiger partial charge in [0.2, 0.25) is 0 Å². The minimum atomic E-state index is -3.91. The number of rotatable bonds is 10. The van der Waals surface area contributed by atoms with Gasteiger partial charge in [-0.1, -0.05) is 30.3 Å². The van der Waals surface area contributed by atoms with Crippen molar-refractivity contribution >= 4 is 33.8 Å². The minimum absolute atomic E-state index is 0.00131. The molecule has 0 aliphatic heterocycles. The van der Waals surface area contributed by atoms with E-state index in [9.17, 15) is 5.11 Å². The first kappa shape index (κ1) is 29.7. The van der Waals surface area contributed by atoms with Gasteiger partial charge in [-0.15, -0.1) is 0 Å². The van der Waals surface area contributed by atoms with Gasteiger partial charge in [0.15, 0.2) is 7.14 Å². The maximum absolute atomic E-state index is 16.3.